The number of nitrogens with one attached hydrogen (secondary N) is 2. The van der Waals surface area contributed by atoms with Crippen LogP contribution in [0.2, 0.25) is 0 Å². The Labute approximate surface area is 57.1 Å². The van der Waals surface area contributed by atoms with Gasteiger partial charge in [0.15, 0.2) is 0 Å². The summed E-state index contributed by atoms with van der Waals surface area (Å²) in [6.45, 7) is 1.45. The molecular weight excluding hydrogens is 138 g/mol. The Hall–Kier alpha value is -0.710. The summed E-state index contributed by atoms with van der Waals surface area (Å²) in [5, 5.41) is 6.20. The standard InChI is InChI=1S/C4H6N3OS/c1-3(8)6-4-7-5-2-9-4/h2,7H,1H3,(H,6,8). The molecule has 5 heteroatoms. The zero-order valence-corrected chi connectivity index (χ0v) is 5.66. The first-order valence-corrected chi connectivity index (χ1v) is 3.26. The molecule has 2 N–H and O–H groups in total. The summed E-state index contributed by atoms with van der Waals surface area (Å²) < 4.78 is 0. The van der Waals surface area contributed by atoms with Crippen LogP contribution in [-0.4, -0.2) is 11.5 Å². The molecule has 1 radical (unpaired) electrons. The van der Waals surface area contributed by atoms with Crippen LogP contribution in [0.3, 0.4) is 0 Å². The zero-order chi connectivity index (χ0) is 6.69. The normalized spacial score (nSPS) is 17.4. The Morgan fingerprint density at radius 3 is 3.22 bits per heavy atom. The minimum absolute atomic E-state index is 0.0875. The highest BCUT2D eigenvalue weighted by Gasteiger charge is 2.12. The highest BCUT2D eigenvalue weighted by molar-refractivity contribution is 8.14. The van der Waals surface area contributed by atoms with Crippen molar-refractivity contribution in [1.29, 1.82) is 0 Å². The fourth-order valence-electron chi connectivity index (χ4n) is 0.408. The van der Waals surface area contributed by atoms with Gasteiger partial charge in [0.05, 0.1) is 5.55 Å². The van der Waals surface area contributed by atoms with Crippen LogP contribution < -0.4 is 10.7 Å². The van der Waals surface area contributed by atoms with Crippen LogP contribution in [0.15, 0.2) is 5.10 Å². The first kappa shape index (κ1) is 6.41. The Morgan fingerprint density at radius 1 is 2.00 bits per heavy atom. The number of hydrogen-bond donors (Lipinski definition) is 2. The lowest BCUT2D eigenvalue weighted by Crippen LogP contribution is -2.29. The molecule has 0 bridgehead atoms. The van der Waals surface area contributed by atoms with Gasteiger partial charge in [0, 0.05) is 6.92 Å². The van der Waals surface area contributed by atoms with Crippen LogP contribution in [0.1, 0.15) is 6.92 Å². The summed E-state index contributed by atoms with van der Waals surface area (Å²) in [5.74, 6) is -0.0875. The van der Waals surface area contributed by atoms with Crippen LogP contribution >= 0.6 is 11.8 Å². The number of hydrazone groups is 1. The van der Waals surface area contributed by atoms with Crippen LogP contribution in [-0.2, 0) is 4.79 Å². The minimum Gasteiger partial charge on any atom is -0.319 e. The third kappa shape index (κ3) is 1.93. The Balaban J connectivity index is 2.22. The maximum atomic E-state index is 10.4. The van der Waals surface area contributed by atoms with Crippen molar-refractivity contribution >= 4 is 23.2 Å². The molecule has 0 saturated heterocycles. The van der Waals surface area contributed by atoms with Gasteiger partial charge in [0.25, 0.3) is 0 Å². The van der Waals surface area contributed by atoms with Crippen molar-refractivity contribution in [2.75, 3.05) is 0 Å². The monoisotopic (exact) mass is 144 g/mol. The molecule has 1 aliphatic rings. The predicted octanol–water partition coefficient (Wildman–Crippen LogP) is -0.151. The molecule has 0 atom stereocenters. The van der Waals surface area contributed by atoms with Crippen molar-refractivity contribution in [3.05, 3.63) is 5.50 Å². The van der Waals surface area contributed by atoms with Crippen molar-refractivity contribution in [3.63, 3.8) is 0 Å². The van der Waals surface area contributed by atoms with Gasteiger partial charge in [-0.1, -0.05) is 11.8 Å². The van der Waals surface area contributed by atoms with Crippen LogP contribution in [0.4, 0.5) is 0 Å². The van der Waals surface area contributed by atoms with E-state index in [2.05, 4.69) is 15.8 Å². The summed E-state index contributed by atoms with van der Waals surface area (Å²) >= 11 is 1.35. The van der Waals surface area contributed by atoms with Gasteiger partial charge in [-0.2, -0.15) is 5.10 Å². The molecule has 4 nitrogen and oxygen atoms in total. The fourth-order valence-corrected chi connectivity index (χ4v) is 0.927. The third-order valence-electron chi connectivity index (χ3n) is 0.679. The van der Waals surface area contributed by atoms with E-state index in [-0.39, 0.29) is 5.91 Å². The summed E-state index contributed by atoms with van der Waals surface area (Å²) in [7, 11) is 0. The highest BCUT2D eigenvalue weighted by Crippen LogP contribution is 2.13. The number of hydrogen-bond acceptors (Lipinski definition) is 4. The van der Waals surface area contributed by atoms with E-state index >= 15 is 0 Å². The van der Waals surface area contributed by atoms with Crippen LogP contribution in [0, 0.1) is 5.50 Å². The smallest absolute Gasteiger partial charge is 0.234 e. The van der Waals surface area contributed by atoms with E-state index in [9.17, 15) is 4.79 Å². The second kappa shape index (κ2) is 2.72. The van der Waals surface area contributed by atoms with Crippen molar-refractivity contribution in [2.24, 2.45) is 5.10 Å². The first-order chi connectivity index (χ1) is 4.29. The minimum atomic E-state index is -0.0875. The molecule has 1 amide bonds. The van der Waals surface area contributed by atoms with Gasteiger partial charge < -0.3 is 5.32 Å². The summed E-state index contributed by atoms with van der Waals surface area (Å²) in [4.78, 5) is 10.4. The molecular formula is C4H6N3OS. The fraction of sp³-hybridized carbons (Fsp3) is 0.250. The van der Waals surface area contributed by atoms with E-state index in [4.69, 9.17) is 0 Å². The largest absolute Gasteiger partial charge is 0.319 e. The number of nitrogens with zero attached hydrogens (tertiary/aromatic N) is 1. The van der Waals surface area contributed by atoms with Crippen LogP contribution in [0.25, 0.3) is 0 Å². The van der Waals surface area contributed by atoms with E-state index < -0.39 is 0 Å². The maximum absolute atomic E-state index is 10.4. The lowest BCUT2D eigenvalue weighted by molar-refractivity contribution is -0.118. The topological polar surface area (TPSA) is 53.5 Å². The third-order valence-corrected chi connectivity index (χ3v) is 1.32. The summed E-state index contributed by atoms with van der Waals surface area (Å²) in [6.07, 6.45) is 0. The van der Waals surface area contributed by atoms with Gasteiger partial charge in [-0.05, 0) is 0 Å². The van der Waals surface area contributed by atoms with Crippen molar-refractivity contribution in [3.8, 4) is 0 Å². The van der Waals surface area contributed by atoms with Gasteiger partial charge in [-0.3, -0.25) is 10.2 Å². The molecule has 0 aliphatic carbocycles. The molecule has 0 fully saturated rings. The lowest BCUT2D eigenvalue weighted by Gasteiger charge is -2.05. The SMILES string of the molecule is CC(=O)N[C]1NN=CS1. The Bertz CT molecular complexity index is 139. The van der Waals surface area contributed by atoms with Crippen molar-refractivity contribution < 1.29 is 4.79 Å². The second-order valence-electron chi connectivity index (χ2n) is 1.47. The summed E-state index contributed by atoms with van der Waals surface area (Å²) in [6, 6.07) is 0. The predicted molar refractivity (Wildman–Crippen MR) is 36.3 cm³/mol. The molecule has 0 aromatic carbocycles. The number of thioether (sulfide) groups is 1. The van der Waals surface area contributed by atoms with E-state index in [1.165, 1.54) is 18.7 Å². The van der Waals surface area contributed by atoms with Gasteiger partial charge in [-0.25, -0.2) is 0 Å². The average Bonchev–Trinajstić information content (AvgIpc) is 2.15. The van der Waals surface area contributed by atoms with Crippen LogP contribution in [0.5, 0.6) is 0 Å². The van der Waals surface area contributed by atoms with Gasteiger partial charge >= 0.3 is 0 Å². The number of rotatable bonds is 1. The first-order valence-electron chi connectivity index (χ1n) is 2.38. The van der Waals surface area contributed by atoms with Gasteiger partial charge in [0.2, 0.25) is 11.4 Å². The van der Waals surface area contributed by atoms with E-state index in [0.717, 1.165) is 0 Å². The molecule has 0 aromatic heterocycles. The highest BCUT2D eigenvalue weighted by atomic mass is 32.2. The average molecular weight is 144 g/mol. The summed E-state index contributed by atoms with van der Waals surface area (Å²) in [5.41, 5.74) is 4.89. The Morgan fingerprint density at radius 2 is 2.78 bits per heavy atom. The van der Waals surface area contributed by atoms with Gasteiger partial charge in [-0.15, -0.1) is 0 Å². The number of amides is 1. The molecule has 0 spiro atoms. The molecule has 49 valence electrons. The lowest BCUT2D eigenvalue weighted by atomic mass is 10.7. The number of carbonyl (C=O) groups excluding carboxylic acids is 1. The number of carbonyl (C=O) groups is 1. The molecule has 0 saturated carbocycles. The zero-order valence-electron chi connectivity index (χ0n) is 4.84. The van der Waals surface area contributed by atoms with E-state index in [1.807, 2.05) is 0 Å². The Kier molecular flexibility index (Phi) is 1.94. The maximum Gasteiger partial charge on any atom is 0.234 e. The van der Waals surface area contributed by atoms with E-state index in [1.54, 1.807) is 5.55 Å². The molecule has 0 unspecified atom stereocenters. The van der Waals surface area contributed by atoms with Crippen molar-refractivity contribution in [2.45, 2.75) is 6.92 Å². The second-order valence-corrected chi connectivity index (χ2v) is 2.33. The molecule has 1 rings (SSSR count). The van der Waals surface area contributed by atoms with E-state index in [0.29, 0.717) is 5.50 Å². The molecule has 1 heterocycles. The van der Waals surface area contributed by atoms with Gasteiger partial charge in [0.1, 0.15) is 0 Å². The molecule has 0 aromatic rings. The van der Waals surface area contributed by atoms with Crippen molar-refractivity contribution in [1.82, 2.24) is 10.7 Å². The molecule has 9 heavy (non-hydrogen) atoms. The molecule has 1 aliphatic heterocycles. The quantitative estimate of drug-likeness (QED) is 0.538.